The van der Waals surface area contributed by atoms with E-state index in [9.17, 15) is 13.0 Å². The zero-order valence-electron chi connectivity index (χ0n) is 6.50. The van der Waals surface area contributed by atoms with E-state index in [0.717, 1.165) is 0 Å². The van der Waals surface area contributed by atoms with Gasteiger partial charge in [-0.1, -0.05) is 12.1 Å². The van der Waals surface area contributed by atoms with Crippen LogP contribution >= 0.6 is 0 Å². The molecular weight excluding hydrogens is 196 g/mol. The zero-order valence-corrected chi connectivity index (χ0v) is 7.32. The smallest absolute Gasteiger partial charge is 0.177 e. The van der Waals surface area contributed by atoms with Crippen LogP contribution in [0.2, 0.25) is 0 Å². The second-order valence-corrected chi connectivity index (χ2v) is 3.64. The third kappa shape index (κ3) is 3.30. The van der Waals surface area contributed by atoms with E-state index in [1.165, 1.54) is 12.1 Å². The van der Waals surface area contributed by atoms with E-state index in [4.69, 9.17) is 5.11 Å². The molecule has 5 nitrogen and oxygen atoms in total. The first-order chi connectivity index (χ1) is 5.99. The molecule has 0 atom stereocenters. The van der Waals surface area contributed by atoms with E-state index in [0.29, 0.717) is 0 Å². The average molecular weight is 203 g/mol. The van der Waals surface area contributed by atoms with Crippen molar-refractivity contribution in [1.82, 2.24) is 0 Å². The lowest BCUT2D eigenvalue weighted by Gasteiger charge is -2.09. The molecule has 1 aromatic carbocycles. The Hall–Kier alpha value is -1.27. The first kappa shape index (κ1) is 9.82. The van der Waals surface area contributed by atoms with Gasteiger partial charge in [-0.2, -0.15) is 0 Å². The predicted molar refractivity (Wildman–Crippen MR) is 43.3 cm³/mol. The van der Waals surface area contributed by atoms with E-state index in [-0.39, 0.29) is 11.5 Å². The van der Waals surface area contributed by atoms with Gasteiger partial charge in [0.2, 0.25) is 0 Å². The van der Waals surface area contributed by atoms with Crippen molar-refractivity contribution in [2.24, 2.45) is 0 Å². The van der Waals surface area contributed by atoms with E-state index >= 15 is 0 Å². The summed E-state index contributed by atoms with van der Waals surface area (Å²) in [6.45, 7) is 0. The SMILES string of the molecule is O=S(=O)([O-])COc1ccccc1O. The van der Waals surface area contributed by atoms with Crippen molar-refractivity contribution in [3.8, 4) is 11.5 Å². The third-order valence-electron chi connectivity index (χ3n) is 1.22. The van der Waals surface area contributed by atoms with Crippen LogP contribution in [0.5, 0.6) is 11.5 Å². The lowest BCUT2D eigenvalue weighted by atomic mass is 10.3. The maximum atomic E-state index is 10.2. The van der Waals surface area contributed by atoms with E-state index < -0.39 is 16.1 Å². The van der Waals surface area contributed by atoms with Crippen LogP contribution in [0.4, 0.5) is 0 Å². The number of hydrogen-bond acceptors (Lipinski definition) is 5. The lowest BCUT2D eigenvalue weighted by Crippen LogP contribution is -2.10. The first-order valence-electron chi connectivity index (χ1n) is 3.33. The number of ether oxygens (including phenoxy) is 1. The van der Waals surface area contributed by atoms with Gasteiger partial charge in [0.1, 0.15) is 10.1 Å². The molecule has 13 heavy (non-hydrogen) atoms. The highest BCUT2D eigenvalue weighted by Gasteiger charge is 2.01. The molecule has 0 bridgehead atoms. The van der Waals surface area contributed by atoms with Crippen LogP contribution in [-0.4, -0.2) is 24.0 Å². The predicted octanol–water partition coefficient (Wildman–Crippen LogP) is 0.274. The highest BCUT2D eigenvalue weighted by Crippen LogP contribution is 2.24. The van der Waals surface area contributed by atoms with Gasteiger partial charge in [-0.25, -0.2) is 8.42 Å². The van der Waals surface area contributed by atoms with Gasteiger partial charge >= 0.3 is 0 Å². The summed E-state index contributed by atoms with van der Waals surface area (Å²) in [4.78, 5) is 0. The molecule has 0 unspecified atom stereocenters. The molecule has 0 fully saturated rings. The number of para-hydroxylation sites is 2. The van der Waals surface area contributed by atoms with Crippen molar-refractivity contribution in [3.63, 3.8) is 0 Å². The largest absolute Gasteiger partial charge is 0.745 e. The fourth-order valence-corrected chi connectivity index (χ4v) is 0.986. The van der Waals surface area contributed by atoms with E-state index in [1.807, 2.05) is 0 Å². The molecule has 0 heterocycles. The summed E-state index contributed by atoms with van der Waals surface area (Å²) in [5, 5.41) is 9.09. The summed E-state index contributed by atoms with van der Waals surface area (Å²) >= 11 is 0. The monoisotopic (exact) mass is 203 g/mol. The molecule has 1 rings (SSSR count). The number of phenolic OH excluding ortho intramolecular Hbond substituents is 1. The van der Waals surface area contributed by atoms with E-state index in [1.54, 1.807) is 12.1 Å². The fourth-order valence-electron chi connectivity index (χ4n) is 0.715. The van der Waals surface area contributed by atoms with E-state index in [2.05, 4.69) is 4.74 Å². The van der Waals surface area contributed by atoms with Crippen molar-refractivity contribution in [1.29, 1.82) is 0 Å². The molecular formula is C7H7O5S-. The van der Waals surface area contributed by atoms with Crippen molar-refractivity contribution >= 4 is 10.1 Å². The minimum atomic E-state index is -4.42. The quantitative estimate of drug-likeness (QED) is 0.712. The molecule has 72 valence electrons. The van der Waals surface area contributed by atoms with Crippen molar-refractivity contribution in [3.05, 3.63) is 24.3 Å². The Labute approximate surface area is 75.3 Å². The van der Waals surface area contributed by atoms with Gasteiger partial charge in [-0.05, 0) is 12.1 Å². The minimum absolute atomic E-state index is 0.0260. The maximum Gasteiger partial charge on any atom is 0.177 e. The fraction of sp³-hybridized carbons (Fsp3) is 0.143. The summed E-state index contributed by atoms with van der Waals surface area (Å²) < 4.78 is 35.0. The van der Waals surface area contributed by atoms with Crippen LogP contribution < -0.4 is 4.74 Å². The van der Waals surface area contributed by atoms with Gasteiger partial charge in [0.05, 0.1) is 0 Å². The lowest BCUT2D eigenvalue weighted by molar-refractivity contribution is 0.329. The Morgan fingerprint density at radius 2 is 2.00 bits per heavy atom. The number of hydrogen-bond donors (Lipinski definition) is 1. The summed E-state index contributed by atoms with van der Waals surface area (Å²) in [7, 11) is -4.42. The Bertz CT molecular complexity index is 384. The molecule has 6 heteroatoms. The Morgan fingerprint density at radius 3 is 2.54 bits per heavy atom. The molecule has 0 aromatic heterocycles. The van der Waals surface area contributed by atoms with Crippen LogP contribution in [0.3, 0.4) is 0 Å². The summed E-state index contributed by atoms with van der Waals surface area (Å²) in [5.74, 6) is -1.21. The maximum absolute atomic E-state index is 10.2. The van der Waals surface area contributed by atoms with Gasteiger partial charge in [0.15, 0.2) is 17.4 Å². The molecule has 0 saturated carbocycles. The normalized spacial score (nSPS) is 11.2. The van der Waals surface area contributed by atoms with Crippen LogP contribution in [0.1, 0.15) is 0 Å². The molecule has 0 radical (unpaired) electrons. The zero-order chi connectivity index (χ0) is 9.90. The van der Waals surface area contributed by atoms with Crippen molar-refractivity contribution in [2.45, 2.75) is 0 Å². The van der Waals surface area contributed by atoms with Crippen LogP contribution in [0.15, 0.2) is 24.3 Å². The Balaban J connectivity index is 2.71. The number of benzene rings is 1. The van der Waals surface area contributed by atoms with Crippen LogP contribution in [0.25, 0.3) is 0 Å². The second-order valence-electron chi connectivity index (χ2n) is 2.29. The second kappa shape index (κ2) is 3.63. The molecule has 0 saturated heterocycles. The molecule has 1 aromatic rings. The van der Waals surface area contributed by atoms with Gasteiger partial charge in [-0.3, -0.25) is 0 Å². The minimum Gasteiger partial charge on any atom is -0.745 e. The molecule has 0 aliphatic rings. The van der Waals surface area contributed by atoms with Crippen molar-refractivity contribution in [2.75, 3.05) is 5.94 Å². The summed E-state index contributed by atoms with van der Waals surface area (Å²) in [5.41, 5.74) is 0. The molecule has 0 spiro atoms. The molecule has 0 aliphatic carbocycles. The summed E-state index contributed by atoms with van der Waals surface area (Å²) in [6, 6.07) is 5.79. The summed E-state index contributed by atoms with van der Waals surface area (Å²) in [6.07, 6.45) is 0. The highest BCUT2D eigenvalue weighted by molar-refractivity contribution is 7.85. The Kier molecular flexibility index (Phi) is 2.74. The topological polar surface area (TPSA) is 86.7 Å². The molecule has 0 aliphatic heterocycles. The Morgan fingerprint density at radius 1 is 1.38 bits per heavy atom. The number of rotatable bonds is 3. The molecule has 1 N–H and O–H groups in total. The van der Waals surface area contributed by atoms with Crippen LogP contribution in [-0.2, 0) is 10.1 Å². The van der Waals surface area contributed by atoms with Crippen LogP contribution in [0, 0.1) is 0 Å². The third-order valence-corrected chi connectivity index (χ3v) is 1.63. The van der Waals surface area contributed by atoms with Gasteiger partial charge in [0, 0.05) is 0 Å². The highest BCUT2D eigenvalue weighted by atomic mass is 32.2. The number of aromatic hydroxyl groups is 1. The average Bonchev–Trinajstić information content (AvgIpc) is 2.01. The first-order valence-corrected chi connectivity index (χ1v) is 4.91. The number of phenols is 1. The standard InChI is InChI=1S/C7H8O5S/c8-6-3-1-2-4-7(6)12-5-13(9,10)11/h1-4,8H,5H2,(H,9,10,11)/p-1. The van der Waals surface area contributed by atoms with Gasteiger partial charge in [-0.15, -0.1) is 0 Å². The van der Waals surface area contributed by atoms with Crippen molar-refractivity contribution < 1.29 is 22.8 Å². The van der Waals surface area contributed by atoms with Gasteiger partial charge in [0.25, 0.3) is 0 Å². The molecule has 0 amide bonds. The van der Waals surface area contributed by atoms with Gasteiger partial charge < -0.3 is 14.4 Å².